The second kappa shape index (κ2) is 6.98. The van der Waals surface area contributed by atoms with Crippen LogP contribution in [-0.2, 0) is 13.5 Å². The first-order valence-electron chi connectivity index (χ1n) is 11.2. The molecule has 1 saturated carbocycles. The van der Waals surface area contributed by atoms with Crippen LogP contribution in [-0.4, -0.2) is 4.57 Å². The quantitative estimate of drug-likeness (QED) is 0.347. The fourth-order valence-electron chi connectivity index (χ4n) is 5.36. The van der Waals surface area contributed by atoms with Crippen molar-refractivity contribution in [3.05, 3.63) is 89.4 Å². The summed E-state index contributed by atoms with van der Waals surface area (Å²) in [6.07, 6.45) is 4.74. The highest BCUT2D eigenvalue weighted by atomic mass is 19.1. The van der Waals surface area contributed by atoms with Gasteiger partial charge in [-0.25, -0.2) is 4.39 Å². The van der Waals surface area contributed by atoms with Crippen molar-refractivity contribution in [2.75, 3.05) is 0 Å². The summed E-state index contributed by atoms with van der Waals surface area (Å²) in [7, 11) is 2.06. The molecule has 1 fully saturated rings. The summed E-state index contributed by atoms with van der Waals surface area (Å²) in [6, 6.07) is 20.4. The van der Waals surface area contributed by atoms with Crippen molar-refractivity contribution < 1.29 is 9.13 Å². The molecule has 31 heavy (non-hydrogen) atoms. The van der Waals surface area contributed by atoms with Gasteiger partial charge >= 0.3 is 0 Å². The molecule has 6 rings (SSSR count). The maximum absolute atomic E-state index is 15.0. The number of aromatic nitrogens is 1. The Balaban J connectivity index is 1.36. The maximum atomic E-state index is 15.0. The number of hydrogen-bond donors (Lipinski definition) is 0. The minimum absolute atomic E-state index is 0.163. The van der Waals surface area contributed by atoms with Crippen molar-refractivity contribution in [3.63, 3.8) is 0 Å². The third kappa shape index (κ3) is 3.06. The van der Waals surface area contributed by atoms with E-state index < -0.39 is 0 Å². The van der Waals surface area contributed by atoms with E-state index in [1.165, 1.54) is 22.9 Å². The molecular formula is C28H26FNO. The molecule has 1 heterocycles. The van der Waals surface area contributed by atoms with Crippen molar-refractivity contribution in [3.8, 4) is 16.9 Å². The van der Waals surface area contributed by atoms with E-state index in [9.17, 15) is 0 Å². The first kappa shape index (κ1) is 18.7. The molecule has 0 aliphatic heterocycles. The highest BCUT2D eigenvalue weighted by Gasteiger charge is 2.34. The number of aryl methyl sites for hydroxylation is 1. The molecule has 2 aliphatic carbocycles. The molecule has 2 aliphatic rings. The molecule has 4 aromatic rings. The van der Waals surface area contributed by atoms with Gasteiger partial charge in [-0.15, -0.1) is 0 Å². The lowest BCUT2D eigenvalue weighted by Crippen LogP contribution is -2.06. The summed E-state index contributed by atoms with van der Waals surface area (Å²) < 4.78 is 23.5. The van der Waals surface area contributed by atoms with E-state index in [1.807, 2.05) is 18.2 Å². The van der Waals surface area contributed by atoms with E-state index in [2.05, 4.69) is 61.1 Å². The lowest BCUT2D eigenvalue weighted by Gasteiger charge is -2.17. The molecule has 156 valence electrons. The van der Waals surface area contributed by atoms with Crippen LogP contribution in [0.2, 0.25) is 0 Å². The van der Waals surface area contributed by atoms with E-state index in [1.54, 1.807) is 6.07 Å². The van der Waals surface area contributed by atoms with Crippen LogP contribution in [0.1, 0.15) is 48.5 Å². The normalized spacial score (nSPS) is 22.0. The van der Waals surface area contributed by atoms with Crippen LogP contribution in [0.5, 0.6) is 5.75 Å². The molecule has 0 spiro atoms. The first-order chi connectivity index (χ1) is 15.1. The Bertz CT molecular complexity index is 1290. The number of benzene rings is 3. The first-order valence-corrected chi connectivity index (χ1v) is 11.2. The molecule has 0 saturated heterocycles. The van der Waals surface area contributed by atoms with Crippen molar-refractivity contribution in [2.24, 2.45) is 13.0 Å². The number of ether oxygens (including phenoxy) is 1. The highest BCUT2D eigenvalue weighted by Crippen LogP contribution is 2.47. The van der Waals surface area contributed by atoms with Crippen LogP contribution in [0.15, 0.2) is 66.9 Å². The van der Waals surface area contributed by atoms with E-state index in [0.29, 0.717) is 5.92 Å². The van der Waals surface area contributed by atoms with Crippen LogP contribution >= 0.6 is 0 Å². The summed E-state index contributed by atoms with van der Waals surface area (Å²) in [5.74, 6) is 2.14. The fourth-order valence-corrected chi connectivity index (χ4v) is 5.36. The molecule has 3 aromatic carbocycles. The molecule has 3 unspecified atom stereocenters. The predicted octanol–water partition coefficient (Wildman–Crippen LogP) is 7.17. The van der Waals surface area contributed by atoms with Gasteiger partial charge in [0, 0.05) is 29.8 Å². The number of para-hydroxylation sites is 1. The zero-order chi connectivity index (χ0) is 21.1. The Labute approximate surface area is 182 Å². The maximum Gasteiger partial charge on any atom is 0.130 e. The van der Waals surface area contributed by atoms with Crippen LogP contribution < -0.4 is 4.74 Å². The van der Waals surface area contributed by atoms with E-state index in [-0.39, 0.29) is 11.9 Å². The van der Waals surface area contributed by atoms with Gasteiger partial charge in [0.05, 0.1) is 5.52 Å². The molecule has 0 N–H and O–H groups in total. The van der Waals surface area contributed by atoms with Gasteiger partial charge in [0.2, 0.25) is 0 Å². The van der Waals surface area contributed by atoms with E-state index in [0.717, 1.165) is 46.8 Å². The van der Waals surface area contributed by atoms with Crippen molar-refractivity contribution in [1.29, 1.82) is 0 Å². The van der Waals surface area contributed by atoms with Gasteiger partial charge < -0.3 is 9.30 Å². The molecule has 0 bridgehead atoms. The van der Waals surface area contributed by atoms with Gasteiger partial charge in [-0.2, -0.15) is 0 Å². The van der Waals surface area contributed by atoms with Crippen molar-refractivity contribution >= 4 is 10.9 Å². The fraction of sp³-hybridized carbons (Fsp3) is 0.286. The number of nitrogens with zero attached hydrogens (tertiary/aromatic N) is 1. The number of halogens is 1. The lowest BCUT2D eigenvalue weighted by molar-refractivity contribution is 0.203. The number of rotatable bonds is 4. The summed E-state index contributed by atoms with van der Waals surface area (Å²) in [5, 5.41) is 1.20. The van der Waals surface area contributed by atoms with Crippen LogP contribution in [0.4, 0.5) is 4.39 Å². The van der Waals surface area contributed by atoms with Gasteiger partial charge in [0.1, 0.15) is 17.7 Å². The third-order valence-electron chi connectivity index (χ3n) is 7.17. The Morgan fingerprint density at radius 3 is 2.55 bits per heavy atom. The average Bonchev–Trinajstić information content (AvgIpc) is 3.17. The zero-order valence-corrected chi connectivity index (χ0v) is 17.9. The third-order valence-corrected chi connectivity index (χ3v) is 7.17. The van der Waals surface area contributed by atoms with Crippen molar-refractivity contribution in [2.45, 2.75) is 38.2 Å². The smallest absolute Gasteiger partial charge is 0.130 e. The summed E-state index contributed by atoms with van der Waals surface area (Å²) in [6.45, 7) is 2.29. The number of hydrogen-bond acceptors (Lipinski definition) is 1. The minimum atomic E-state index is -0.242. The number of fused-ring (bicyclic) bond motifs is 2. The topological polar surface area (TPSA) is 14.2 Å². The Morgan fingerprint density at radius 1 is 0.968 bits per heavy atom. The van der Waals surface area contributed by atoms with Gasteiger partial charge in [-0.1, -0.05) is 43.3 Å². The van der Waals surface area contributed by atoms with Crippen LogP contribution in [0, 0.1) is 11.7 Å². The van der Waals surface area contributed by atoms with Crippen molar-refractivity contribution in [1.82, 2.24) is 4.57 Å². The largest absolute Gasteiger partial charge is 0.486 e. The van der Waals surface area contributed by atoms with Gasteiger partial charge in [-0.05, 0) is 72.1 Å². The average molecular weight is 412 g/mol. The molecular weight excluding hydrogens is 385 g/mol. The predicted molar refractivity (Wildman–Crippen MR) is 123 cm³/mol. The van der Waals surface area contributed by atoms with Crippen LogP contribution in [0.25, 0.3) is 22.0 Å². The minimum Gasteiger partial charge on any atom is -0.486 e. The SMILES string of the molecule is CC1CC1c1ccc(OC2CCc3c(-c4cccc5ccn(C)c45)ccc(F)c32)cc1. The lowest BCUT2D eigenvalue weighted by atomic mass is 9.95. The Hall–Kier alpha value is -3.07. The molecule has 0 radical (unpaired) electrons. The Kier molecular flexibility index (Phi) is 4.21. The summed E-state index contributed by atoms with van der Waals surface area (Å²) in [5.41, 5.74) is 6.66. The second-order valence-electron chi connectivity index (χ2n) is 9.19. The highest BCUT2D eigenvalue weighted by molar-refractivity contribution is 5.95. The molecule has 1 aromatic heterocycles. The van der Waals surface area contributed by atoms with Gasteiger partial charge in [0.25, 0.3) is 0 Å². The van der Waals surface area contributed by atoms with Gasteiger partial charge in [0.15, 0.2) is 0 Å². The standard InChI is InChI=1S/C28H26FNO/c1-17-16-24(17)18-6-8-20(9-7-18)31-26-13-11-22-21(10-12-25(29)27(22)26)23-5-3-4-19-14-15-30(2)28(19)23/h3-10,12,14-15,17,24,26H,11,13,16H2,1-2H3. The Morgan fingerprint density at radius 2 is 1.77 bits per heavy atom. The molecule has 0 amide bonds. The zero-order valence-electron chi connectivity index (χ0n) is 17.9. The monoisotopic (exact) mass is 411 g/mol. The van der Waals surface area contributed by atoms with E-state index in [4.69, 9.17) is 4.74 Å². The molecule has 3 heteroatoms. The molecule has 3 atom stereocenters. The summed E-state index contributed by atoms with van der Waals surface area (Å²) in [4.78, 5) is 0. The second-order valence-corrected chi connectivity index (χ2v) is 9.19. The summed E-state index contributed by atoms with van der Waals surface area (Å²) >= 11 is 0. The van der Waals surface area contributed by atoms with Gasteiger partial charge in [-0.3, -0.25) is 0 Å². The molecule has 2 nitrogen and oxygen atoms in total. The van der Waals surface area contributed by atoms with E-state index >= 15 is 4.39 Å². The van der Waals surface area contributed by atoms with Crippen LogP contribution in [0.3, 0.4) is 0 Å².